The summed E-state index contributed by atoms with van der Waals surface area (Å²) < 4.78 is 0. The standard InChI is InChI=1S/C15H25N3O/c1-11-6-5-7-13(8-11)14(9-16)18(4)10-12(2)15(19)17-3/h5-8,12,14H,9-10,16H2,1-4H3,(H,17,19). The Morgan fingerprint density at radius 1 is 1.47 bits per heavy atom. The second-order valence-electron chi connectivity index (χ2n) is 5.12. The van der Waals surface area contributed by atoms with Crippen LogP contribution in [0.5, 0.6) is 0 Å². The van der Waals surface area contributed by atoms with E-state index in [1.54, 1.807) is 7.05 Å². The number of amides is 1. The second-order valence-corrected chi connectivity index (χ2v) is 5.12. The normalized spacial score (nSPS) is 14.2. The zero-order valence-electron chi connectivity index (χ0n) is 12.3. The summed E-state index contributed by atoms with van der Waals surface area (Å²) >= 11 is 0. The molecule has 2 atom stereocenters. The van der Waals surface area contributed by atoms with Gasteiger partial charge in [0.1, 0.15) is 0 Å². The predicted molar refractivity (Wildman–Crippen MR) is 78.8 cm³/mol. The first-order valence-electron chi connectivity index (χ1n) is 6.68. The van der Waals surface area contributed by atoms with Crippen LogP contribution in [-0.4, -0.2) is 38.0 Å². The fourth-order valence-electron chi connectivity index (χ4n) is 2.34. The van der Waals surface area contributed by atoms with E-state index in [1.807, 2.05) is 20.0 Å². The molecule has 2 unspecified atom stereocenters. The van der Waals surface area contributed by atoms with E-state index >= 15 is 0 Å². The predicted octanol–water partition coefficient (Wildman–Crippen LogP) is 1.31. The first kappa shape index (κ1) is 15.7. The number of nitrogens with zero attached hydrogens (tertiary/aromatic N) is 1. The number of hydrogen-bond acceptors (Lipinski definition) is 3. The maximum Gasteiger partial charge on any atom is 0.223 e. The van der Waals surface area contributed by atoms with Crippen LogP contribution in [0.4, 0.5) is 0 Å². The molecule has 4 heteroatoms. The molecule has 0 bridgehead atoms. The summed E-state index contributed by atoms with van der Waals surface area (Å²) in [4.78, 5) is 13.7. The molecule has 106 valence electrons. The number of likely N-dealkylation sites (N-methyl/N-ethyl adjacent to an activating group) is 1. The molecule has 1 amide bonds. The van der Waals surface area contributed by atoms with Gasteiger partial charge in [-0.2, -0.15) is 0 Å². The van der Waals surface area contributed by atoms with Crippen LogP contribution in [0.2, 0.25) is 0 Å². The number of carbonyl (C=O) groups is 1. The summed E-state index contributed by atoms with van der Waals surface area (Å²) in [6.07, 6.45) is 0. The number of aryl methyl sites for hydroxylation is 1. The Bertz CT molecular complexity index is 420. The molecule has 0 radical (unpaired) electrons. The second kappa shape index (κ2) is 7.26. The molecule has 0 aliphatic heterocycles. The van der Waals surface area contributed by atoms with Crippen LogP contribution in [0.3, 0.4) is 0 Å². The quantitative estimate of drug-likeness (QED) is 0.813. The fraction of sp³-hybridized carbons (Fsp3) is 0.533. The lowest BCUT2D eigenvalue weighted by molar-refractivity contribution is -0.124. The molecular formula is C15H25N3O. The Morgan fingerprint density at radius 2 is 2.16 bits per heavy atom. The van der Waals surface area contributed by atoms with E-state index in [0.29, 0.717) is 13.1 Å². The monoisotopic (exact) mass is 263 g/mol. The lowest BCUT2D eigenvalue weighted by Crippen LogP contribution is -2.38. The van der Waals surface area contributed by atoms with Crippen LogP contribution >= 0.6 is 0 Å². The van der Waals surface area contributed by atoms with Crippen molar-refractivity contribution in [3.8, 4) is 0 Å². The Morgan fingerprint density at radius 3 is 2.68 bits per heavy atom. The molecule has 0 aliphatic carbocycles. The molecule has 0 fully saturated rings. The number of rotatable bonds is 6. The maximum atomic E-state index is 11.6. The first-order valence-corrected chi connectivity index (χ1v) is 6.68. The molecule has 0 aliphatic rings. The third-order valence-electron chi connectivity index (χ3n) is 3.44. The van der Waals surface area contributed by atoms with Crippen molar-refractivity contribution in [1.29, 1.82) is 0 Å². The molecule has 1 aromatic rings. The van der Waals surface area contributed by atoms with Crippen molar-refractivity contribution in [2.75, 3.05) is 27.2 Å². The third kappa shape index (κ3) is 4.33. The number of benzene rings is 1. The molecule has 0 aromatic heterocycles. The first-order chi connectivity index (χ1) is 8.99. The molecule has 1 rings (SSSR count). The zero-order chi connectivity index (χ0) is 14.4. The minimum absolute atomic E-state index is 0.0474. The van der Waals surface area contributed by atoms with Gasteiger partial charge < -0.3 is 11.1 Å². The summed E-state index contributed by atoms with van der Waals surface area (Å²) in [5, 5.41) is 2.68. The summed E-state index contributed by atoms with van der Waals surface area (Å²) in [6.45, 7) is 5.24. The van der Waals surface area contributed by atoms with Gasteiger partial charge in [0.05, 0.1) is 0 Å². The van der Waals surface area contributed by atoms with Crippen molar-refractivity contribution < 1.29 is 4.79 Å². The van der Waals surface area contributed by atoms with Crippen molar-refractivity contribution in [1.82, 2.24) is 10.2 Å². The molecule has 1 aromatic carbocycles. The summed E-state index contributed by atoms with van der Waals surface area (Å²) in [5.41, 5.74) is 8.33. The minimum Gasteiger partial charge on any atom is -0.359 e. The van der Waals surface area contributed by atoms with Crippen LogP contribution in [0.25, 0.3) is 0 Å². The van der Waals surface area contributed by atoms with Crippen LogP contribution in [0.15, 0.2) is 24.3 Å². The number of nitrogens with one attached hydrogen (secondary N) is 1. The van der Waals surface area contributed by atoms with E-state index in [9.17, 15) is 4.79 Å². The number of carbonyl (C=O) groups excluding carboxylic acids is 1. The van der Waals surface area contributed by atoms with Gasteiger partial charge in [-0.1, -0.05) is 36.8 Å². The Kier molecular flexibility index (Phi) is 5.99. The van der Waals surface area contributed by atoms with E-state index in [0.717, 1.165) is 0 Å². The van der Waals surface area contributed by atoms with Crippen LogP contribution in [0.1, 0.15) is 24.1 Å². The molecule has 19 heavy (non-hydrogen) atoms. The average molecular weight is 263 g/mol. The Balaban J connectivity index is 2.77. The van der Waals surface area contributed by atoms with Gasteiger partial charge in [-0.15, -0.1) is 0 Å². The van der Waals surface area contributed by atoms with Gasteiger partial charge in [-0.25, -0.2) is 0 Å². The van der Waals surface area contributed by atoms with Crippen molar-refractivity contribution in [2.45, 2.75) is 19.9 Å². The van der Waals surface area contributed by atoms with Gasteiger partial charge in [0.15, 0.2) is 0 Å². The molecule has 4 nitrogen and oxygen atoms in total. The average Bonchev–Trinajstić information content (AvgIpc) is 2.38. The van der Waals surface area contributed by atoms with Gasteiger partial charge in [-0.3, -0.25) is 9.69 Å². The summed E-state index contributed by atoms with van der Waals surface area (Å²) in [6, 6.07) is 8.50. The fourth-order valence-corrected chi connectivity index (χ4v) is 2.34. The van der Waals surface area contributed by atoms with Crippen molar-refractivity contribution >= 4 is 5.91 Å². The van der Waals surface area contributed by atoms with Crippen LogP contribution in [0, 0.1) is 12.8 Å². The molecule has 0 spiro atoms. The van der Waals surface area contributed by atoms with Crippen molar-refractivity contribution in [3.63, 3.8) is 0 Å². The summed E-state index contributed by atoms with van der Waals surface area (Å²) in [5.74, 6) is 0.0146. The van der Waals surface area contributed by atoms with Gasteiger partial charge in [-0.05, 0) is 19.5 Å². The van der Waals surface area contributed by atoms with Gasteiger partial charge in [0, 0.05) is 32.1 Å². The third-order valence-corrected chi connectivity index (χ3v) is 3.44. The van der Waals surface area contributed by atoms with E-state index < -0.39 is 0 Å². The van der Waals surface area contributed by atoms with Crippen molar-refractivity contribution in [3.05, 3.63) is 35.4 Å². The highest BCUT2D eigenvalue weighted by Crippen LogP contribution is 2.20. The highest BCUT2D eigenvalue weighted by molar-refractivity contribution is 5.78. The largest absolute Gasteiger partial charge is 0.359 e. The molecular weight excluding hydrogens is 238 g/mol. The van der Waals surface area contributed by atoms with E-state index in [2.05, 4.69) is 35.3 Å². The smallest absolute Gasteiger partial charge is 0.223 e. The lowest BCUT2D eigenvalue weighted by Gasteiger charge is -2.29. The molecule has 0 saturated carbocycles. The molecule has 3 N–H and O–H groups in total. The highest BCUT2D eigenvalue weighted by atomic mass is 16.1. The SMILES string of the molecule is CNC(=O)C(C)CN(C)C(CN)c1cccc(C)c1. The molecule has 0 heterocycles. The van der Waals surface area contributed by atoms with Crippen LogP contribution in [-0.2, 0) is 4.79 Å². The molecule has 0 saturated heterocycles. The Labute approximate surface area is 116 Å². The topological polar surface area (TPSA) is 58.4 Å². The zero-order valence-corrected chi connectivity index (χ0v) is 12.3. The minimum atomic E-state index is -0.0474. The van der Waals surface area contributed by atoms with Gasteiger partial charge >= 0.3 is 0 Å². The summed E-state index contributed by atoms with van der Waals surface area (Å²) in [7, 11) is 3.68. The van der Waals surface area contributed by atoms with E-state index in [1.165, 1.54) is 11.1 Å². The van der Waals surface area contributed by atoms with E-state index in [4.69, 9.17) is 5.73 Å². The Hall–Kier alpha value is -1.39. The number of nitrogens with two attached hydrogens (primary N) is 1. The lowest BCUT2D eigenvalue weighted by atomic mass is 10.0. The number of hydrogen-bond donors (Lipinski definition) is 2. The van der Waals surface area contributed by atoms with Gasteiger partial charge in [0.25, 0.3) is 0 Å². The van der Waals surface area contributed by atoms with Crippen LogP contribution < -0.4 is 11.1 Å². The van der Waals surface area contributed by atoms with E-state index in [-0.39, 0.29) is 17.9 Å². The maximum absolute atomic E-state index is 11.6. The van der Waals surface area contributed by atoms with Gasteiger partial charge in [0.2, 0.25) is 5.91 Å². The highest BCUT2D eigenvalue weighted by Gasteiger charge is 2.20. The van der Waals surface area contributed by atoms with Crippen molar-refractivity contribution in [2.24, 2.45) is 11.7 Å².